The number of anilines is 4. The van der Waals surface area contributed by atoms with Gasteiger partial charge in [-0.2, -0.15) is 16.8 Å². The molecule has 0 unspecified atom stereocenters. The van der Waals surface area contributed by atoms with Gasteiger partial charge in [-0.1, -0.05) is 24.3 Å². The molecule has 0 saturated heterocycles. The number of nitrogens with one attached hydrogen (secondary N) is 3. The molecule has 1 aliphatic carbocycles. The van der Waals surface area contributed by atoms with Gasteiger partial charge in [0.15, 0.2) is 0 Å². The molecule has 2 aliphatic rings. The van der Waals surface area contributed by atoms with Gasteiger partial charge < -0.3 is 31.8 Å². The van der Waals surface area contributed by atoms with Gasteiger partial charge in [-0.25, -0.2) is 14.6 Å². The van der Waals surface area contributed by atoms with Crippen molar-refractivity contribution in [3.05, 3.63) is 105 Å². The van der Waals surface area contributed by atoms with Crippen LogP contribution in [0.25, 0.3) is 33.4 Å². The van der Waals surface area contributed by atoms with E-state index < -0.39 is 37.2 Å². The molecule has 4 aromatic rings. The largest absolute Gasteiger partial charge is 0.456 e. The Morgan fingerprint density at radius 2 is 1.32 bits per heavy atom. The number of rotatable bonds is 8. The lowest BCUT2D eigenvalue weighted by Gasteiger charge is -2.20. The average Bonchev–Trinajstić information content (AvgIpc) is 3.10. The first kappa shape index (κ1) is 39.4. The van der Waals surface area contributed by atoms with Crippen LogP contribution in [0.5, 0.6) is 0 Å². The summed E-state index contributed by atoms with van der Waals surface area (Å²) in [6, 6.07) is 16.3. The minimum atomic E-state index is -4.78. The van der Waals surface area contributed by atoms with Crippen LogP contribution in [0.4, 0.5) is 38.0 Å². The number of fused-ring (bicyclic) bond motifs is 2. The van der Waals surface area contributed by atoms with Gasteiger partial charge in [-0.3, -0.25) is 9.11 Å². The van der Waals surface area contributed by atoms with Crippen LogP contribution in [0.3, 0.4) is 0 Å². The van der Waals surface area contributed by atoms with Crippen LogP contribution in [0, 0.1) is 41.5 Å². The van der Waals surface area contributed by atoms with Crippen molar-refractivity contribution in [3.8, 4) is 22.5 Å². The molecule has 0 aromatic heterocycles. The van der Waals surface area contributed by atoms with Crippen LogP contribution in [0.2, 0.25) is 0 Å². The Morgan fingerprint density at radius 3 is 1.96 bits per heavy atom. The molecule has 6 rings (SSSR count). The molecule has 1 aliphatic heterocycles. The third kappa shape index (κ3) is 7.39. The van der Waals surface area contributed by atoms with Gasteiger partial charge in [0.2, 0.25) is 0 Å². The van der Waals surface area contributed by atoms with E-state index in [0.717, 1.165) is 16.7 Å². The van der Waals surface area contributed by atoms with Crippen LogP contribution in [-0.2, 0) is 20.2 Å². The minimum absolute atomic E-state index is 0.0617. The zero-order chi connectivity index (χ0) is 41.0. The maximum atomic E-state index is 12.7. The molecule has 0 fully saturated rings. The lowest BCUT2D eigenvalue weighted by atomic mass is 9.93. The number of urea groups is 2. The van der Waals surface area contributed by atoms with Crippen LogP contribution in [0.1, 0.15) is 33.4 Å². The van der Waals surface area contributed by atoms with Gasteiger partial charge >= 0.3 is 12.1 Å². The number of hydrogen-bond donors (Lipinski definition) is 7. The SMILES string of the molecule is Cc1cc(C)c(Nc2ccc3c(-c4ccccc4S(=O)(=O)O)c4ccc(=Nc5c(C)c(NC(N)=O)c(C)c(S(=O)(=O)O)c5C)cc-4oc3c2)c(C)c1NC(N)=O. The number of carbonyl (C=O) groups excluding carboxylic acids is 2. The van der Waals surface area contributed by atoms with E-state index >= 15 is 0 Å². The van der Waals surface area contributed by atoms with E-state index in [-0.39, 0.29) is 44.1 Å². The van der Waals surface area contributed by atoms with E-state index in [9.17, 15) is 35.5 Å². The third-order valence-electron chi connectivity index (χ3n) is 9.52. The molecule has 15 nitrogen and oxygen atoms in total. The molecular weight excluding hydrogens is 761 g/mol. The summed E-state index contributed by atoms with van der Waals surface area (Å²) in [4.78, 5) is 27.6. The summed E-state index contributed by atoms with van der Waals surface area (Å²) in [6.45, 7) is 10.1. The van der Waals surface area contributed by atoms with Crippen LogP contribution in [0.15, 0.2) is 85.9 Å². The van der Waals surface area contributed by atoms with Crippen molar-refractivity contribution >= 4 is 71.7 Å². The van der Waals surface area contributed by atoms with E-state index in [1.165, 1.54) is 26.0 Å². The van der Waals surface area contributed by atoms with E-state index in [2.05, 4.69) is 16.0 Å². The summed E-state index contributed by atoms with van der Waals surface area (Å²) in [5.74, 6) is 0.236. The Kier molecular flexibility index (Phi) is 10.2. The fourth-order valence-corrected chi connectivity index (χ4v) is 8.90. The lowest BCUT2D eigenvalue weighted by Crippen LogP contribution is -2.21. The van der Waals surface area contributed by atoms with E-state index in [4.69, 9.17) is 20.9 Å². The normalized spacial score (nSPS) is 12.2. The van der Waals surface area contributed by atoms with E-state index in [1.807, 2.05) is 26.8 Å². The molecule has 0 radical (unpaired) electrons. The molecular formula is C39H38N6O9S2. The highest BCUT2D eigenvalue weighted by atomic mass is 32.2. The molecule has 4 amide bonds. The number of aryl methyl sites for hydroxylation is 2. The minimum Gasteiger partial charge on any atom is -0.456 e. The Bertz CT molecular complexity index is 2920. The maximum absolute atomic E-state index is 12.7. The fraction of sp³-hybridized carbons (Fsp3) is 0.154. The van der Waals surface area contributed by atoms with Gasteiger partial charge in [-0.15, -0.1) is 0 Å². The number of hydrogen-bond acceptors (Lipinski definition) is 9. The summed E-state index contributed by atoms with van der Waals surface area (Å²) in [5, 5.41) is 9.28. The summed E-state index contributed by atoms with van der Waals surface area (Å²) in [6.07, 6.45) is 0. The Hall–Kier alpha value is -6.27. The molecule has 0 spiro atoms. The van der Waals surface area contributed by atoms with Crippen molar-refractivity contribution < 1.29 is 39.9 Å². The van der Waals surface area contributed by atoms with Gasteiger partial charge in [0.25, 0.3) is 20.2 Å². The smallest absolute Gasteiger partial charge is 0.316 e. The molecule has 0 atom stereocenters. The number of carbonyl (C=O) groups is 2. The summed E-state index contributed by atoms with van der Waals surface area (Å²) >= 11 is 0. The second-order valence-corrected chi connectivity index (χ2v) is 16.1. The van der Waals surface area contributed by atoms with E-state index in [0.29, 0.717) is 44.7 Å². The van der Waals surface area contributed by atoms with Crippen LogP contribution < -0.4 is 32.8 Å². The summed E-state index contributed by atoms with van der Waals surface area (Å²) < 4.78 is 77.2. The third-order valence-corrected chi connectivity index (χ3v) is 11.6. The average molecular weight is 799 g/mol. The van der Waals surface area contributed by atoms with Crippen molar-refractivity contribution in [2.75, 3.05) is 16.0 Å². The number of benzene rings is 5. The quantitative estimate of drug-likeness (QED) is 0.0589. The van der Waals surface area contributed by atoms with Crippen molar-refractivity contribution in [2.45, 2.75) is 51.3 Å². The highest BCUT2D eigenvalue weighted by molar-refractivity contribution is 7.86. The number of primary amides is 2. The summed E-state index contributed by atoms with van der Waals surface area (Å²) in [5.41, 5.74) is 17.2. The first-order valence-corrected chi connectivity index (χ1v) is 19.8. The van der Waals surface area contributed by atoms with Gasteiger partial charge in [0, 0.05) is 45.6 Å². The Balaban J connectivity index is 1.64. The molecule has 9 N–H and O–H groups in total. The molecule has 4 aromatic carbocycles. The number of nitrogens with two attached hydrogens (primary N) is 2. The highest BCUT2D eigenvalue weighted by Gasteiger charge is 2.27. The van der Waals surface area contributed by atoms with Crippen molar-refractivity contribution in [3.63, 3.8) is 0 Å². The fourth-order valence-electron chi connectivity index (χ4n) is 7.23. The predicted octanol–water partition coefficient (Wildman–Crippen LogP) is 7.51. The van der Waals surface area contributed by atoms with Gasteiger partial charge in [-0.05, 0) is 105 Å². The zero-order valence-corrected chi connectivity index (χ0v) is 32.7. The van der Waals surface area contributed by atoms with Gasteiger partial charge in [0.05, 0.1) is 22.4 Å². The zero-order valence-electron chi connectivity index (χ0n) is 31.0. The Morgan fingerprint density at radius 1 is 0.679 bits per heavy atom. The van der Waals surface area contributed by atoms with Crippen molar-refractivity contribution in [1.82, 2.24) is 0 Å². The molecule has 0 bridgehead atoms. The molecule has 17 heteroatoms. The van der Waals surface area contributed by atoms with Crippen LogP contribution in [-0.4, -0.2) is 38.0 Å². The second-order valence-electron chi connectivity index (χ2n) is 13.3. The molecule has 0 saturated carbocycles. The van der Waals surface area contributed by atoms with E-state index in [1.54, 1.807) is 55.5 Å². The first-order chi connectivity index (χ1) is 26.2. The standard InChI is InChI=1S/C39H38N6O9S2/c1-18-15-19(2)34(44-38(40)46)20(3)33(18)42-24-11-13-26-29(16-24)54-30-17-25(12-14-27(30)32(26)28-9-7-8-10-31(28)55(48,49)50)43-35-21(4)36(45-39(41)47)23(6)37(22(35)5)56(51,52)53/h7-17,42H,1-6H3,(H3,40,44,46)(H3,41,45,47)(H,48,49,50)(H,51,52,53). The topological polar surface area (TPSA) is 257 Å². The molecule has 56 heavy (non-hydrogen) atoms. The second kappa shape index (κ2) is 14.4. The first-order valence-electron chi connectivity index (χ1n) is 16.9. The summed E-state index contributed by atoms with van der Waals surface area (Å²) in [7, 11) is -9.47. The highest BCUT2D eigenvalue weighted by Crippen LogP contribution is 2.44. The van der Waals surface area contributed by atoms with Crippen molar-refractivity contribution in [2.24, 2.45) is 16.5 Å². The van der Waals surface area contributed by atoms with Crippen molar-refractivity contribution in [1.29, 1.82) is 0 Å². The maximum Gasteiger partial charge on any atom is 0.316 e. The number of nitrogens with zero attached hydrogens (tertiary/aromatic N) is 1. The van der Waals surface area contributed by atoms with Gasteiger partial charge in [0.1, 0.15) is 21.1 Å². The predicted molar refractivity (Wildman–Crippen MR) is 214 cm³/mol. The number of amides is 4. The van der Waals surface area contributed by atoms with Crippen LogP contribution >= 0.6 is 0 Å². The lowest BCUT2D eigenvalue weighted by molar-refractivity contribution is 0.258. The monoisotopic (exact) mass is 798 g/mol. The molecule has 1 heterocycles. The molecule has 290 valence electrons. The Labute approximate surface area is 322 Å².